The quantitative estimate of drug-likeness (QED) is 0.730. The molecule has 1 unspecified atom stereocenters. The van der Waals surface area contributed by atoms with E-state index in [4.69, 9.17) is 15.4 Å². The highest BCUT2D eigenvalue weighted by Gasteiger charge is 2.16. The van der Waals surface area contributed by atoms with E-state index < -0.39 is 9.05 Å². The summed E-state index contributed by atoms with van der Waals surface area (Å²) in [6, 6.07) is 5.71. The van der Waals surface area contributed by atoms with Gasteiger partial charge in [0.2, 0.25) is 9.05 Å². The van der Waals surface area contributed by atoms with Crippen molar-refractivity contribution in [3.63, 3.8) is 0 Å². The molecule has 1 aromatic carbocycles. The van der Waals surface area contributed by atoms with E-state index >= 15 is 0 Å². The van der Waals surface area contributed by atoms with E-state index in [-0.39, 0.29) is 11.7 Å². The average Bonchev–Trinajstić information content (AvgIpc) is 2.24. The summed E-state index contributed by atoms with van der Waals surface area (Å²) >= 11 is 3.38. The Bertz CT molecular complexity index is 502. The third kappa shape index (κ3) is 5.59. The number of ether oxygens (including phenoxy) is 1. The minimum absolute atomic E-state index is 0.0549. The summed E-state index contributed by atoms with van der Waals surface area (Å²) in [5.41, 5.74) is 1.01. The minimum Gasteiger partial charge on any atom is -0.493 e. The molecular formula is C12H16BrClO3S. The summed E-state index contributed by atoms with van der Waals surface area (Å²) in [4.78, 5) is 0. The number of hydrogen-bond donors (Lipinski definition) is 0. The molecule has 0 amide bonds. The predicted molar refractivity (Wildman–Crippen MR) is 77.8 cm³/mol. The van der Waals surface area contributed by atoms with Crippen LogP contribution in [0.2, 0.25) is 0 Å². The second-order valence-corrected chi connectivity index (χ2v) is 7.94. The molecule has 0 heterocycles. The van der Waals surface area contributed by atoms with Gasteiger partial charge in [-0.15, -0.1) is 0 Å². The van der Waals surface area contributed by atoms with Gasteiger partial charge in [0.05, 0.1) is 12.4 Å². The largest absolute Gasteiger partial charge is 0.493 e. The molecule has 3 nitrogen and oxygen atoms in total. The molecule has 0 spiro atoms. The Labute approximate surface area is 121 Å². The molecule has 0 N–H and O–H groups in total. The molecule has 0 aromatic heterocycles. The normalized spacial score (nSPS) is 13.3. The Kier molecular flexibility index (Phi) is 5.95. The van der Waals surface area contributed by atoms with Crippen LogP contribution in [0.4, 0.5) is 0 Å². The SMILES string of the molecule is CCC(COc1ccc(Br)cc1C)CS(=O)(=O)Cl. The first-order valence-electron chi connectivity index (χ1n) is 5.63. The van der Waals surface area contributed by atoms with Gasteiger partial charge in [0.15, 0.2) is 0 Å². The zero-order valence-corrected chi connectivity index (χ0v) is 13.5. The molecule has 1 atom stereocenters. The van der Waals surface area contributed by atoms with Crippen molar-refractivity contribution in [2.45, 2.75) is 20.3 Å². The molecule has 0 radical (unpaired) electrons. The van der Waals surface area contributed by atoms with Crippen molar-refractivity contribution in [1.29, 1.82) is 0 Å². The number of hydrogen-bond acceptors (Lipinski definition) is 3. The molecule has 1 aromatic rings. The van der Waals surface area contributed by atoms with Crippen molar-refractivity contribution in [3.05, 3.63) is 28.2 Å². The van der Waals surface area contributed by atoms with E-state index in [1.54, 1.807) is 0 Å². The lowest BCUT2D eigenvalue weighted by atomic mass is 10.1. The van der Waals surface area contributed by atoms with E-state index in [0.29, 0.717) is 13.0 Å². The van der Waals surface area contributed by atoms with Crippen molar-refractivity contribution in [1.82, 2.24) is 0 Å². The highest BCUT2D eigenvalue weighted by Crippen LogP contribution is 2.23. The number of rotatable bonds is 6. The van der Waals surface area contributed by atoms with E-state index in [0.717, 1.165) is 15.8 Å². The summed E-state index contributed by atoms with van der Waals surface area (Å²) in [6.07, 6.45) is 0.710. The van der Waals surface area contributed by atoms with Crippen LogP contribution in [-0.4, -0.2) is 20.8 Å². The first-order chi connectivity index (χ1) is 8.31. The summed E-state index contributed by atoms with van der Waals surface area (Å²) in [7, 11) is 1.78. The highest BCUT2D eigenvalue weighted by atomic mass is 79.9. The summed E-state index contributed by atoms with van der Waals surface area (Å²) in [6.45, 7) is 4.22. The number of halogens is 2. The van der Waals surface area contributed by atoms with Crippen molar-refractivity contribution >= 4 is 35.7 Å². The molecule has 0 saturated carbocycles. The second-order valence-electron chi connectivity index (χ2n) is 4.20. The molecule has 0 aliphatic heterocycles. The fourth-order valence-corrected chi connectivity index (χ4v) is 3.45. The van der Waals surface area contributed by atoms with Crippen LogP contribution >= 0.6 is 26.6 Å². The maximum atomic E-state index is 11.0. The first-order valence-corrected chi connectivity index (χ1v) is 8.90. The van der Waals surface area contributed by atoms with Gasteiger partial charge in [0.25, 0.3) is 0 Å². The summed E-state index contributed by atoms with van der Waals surface area (Å²) < 4.78 is 28.7. The Morgan fingerprint density at radius 1 is 1.44 bits per heavy atom. The lowest BCUT2D eigenvalue weighted by Gasteiger charge is -2.15. The molecular weight excluding hydrogens is 340 g/mol. The maximum absolute atomic E-state index is 11.0. The van der Waals surface area contributed by atoms with Crippen LogP contribution in [0.25, 0.3) is 0 Å². The second kappa shape index (κ2) is 6.78. The van der Waals surface area contributed by atoms with Gasteiger partial charge in [0.1, 0.15) is 5.75 Å². The fraction of sp³-hybridized carbons (Fsp3) is 0.500. The molecule has 6 heteroatoms. The van der Waals surface area contributed by atoms with Crippen molar-refractivity contribution in [3.8, 4) is 5.75 Å². The number of benzene rings is 1. The van der Waals surface area contributed by atoms with Gasteiger partial charge in [0, 0.05) is 21.1 Å². The zero-order valence-electron chi connectivity index (χ0n) is 10.3. The van der Waals surface area contributed by atoms with Crippen LogP contribution in [0.1, 0.15) is 18.9 Å². The Balaban J connectivity index is 2.62. The molecule has 0 fully saturated rings. The third-order valence-electron chi connectivity index (χ3n) is 2.62. The van der Waals surface area contributed by atoms with Gasteiger partial charge in [-0.1, -0.05) is 22.9 Å². The minimum atomic E-state index is -3.47. The van der Waals surface area contributed by atoms with Crippen LogP contribution in [-0.2, 0) is 9.05 Å². The molecule has 102 valence electrons. The Morgan fingerprint density at radius 2 is 2.11 bits per heavy atom. The lowest BCUT2D eigenvalue weighted by Crippen LogP contribution is -2.19. The average molecular weight is 356 g/mol. The van der Waals surface area contributed by atoms with Crippen LogP contribution < -0.4 is 4.74 Å². The number of aryl methyl sites for hydroxylation is 1. The van der Waals surface area contributed by atoms with Crippen molar-refractivity contribution in [2.24, 2.45) is 5.92 Å². The van der Waals surface area contributed by atoms with Gasteiger partial charge in [-0.25, -0.2) is 8.42 Å². The van der Waals surface area contributed by atoms with E-state index in [9.17, 15) is 8.42 Å². The summed E-state index contributed by atoms with van der Waals surface area (Å²) in [5, 5.41) is 0. The molecule has 0 aliphatic rings. The summed E-state index contributed by atoms with van der Waals surface area (Å²) in [5.74, 6) is 0.625. The Morgan fingerprint density at radius 3 is 2.61 bits per heavy atom. The smallest absolute Gasteiger partial charge is 0.232 e. The van der Waals surface area contributed by atoms with Gasteiger partial charge >= 0.3 is 0 Å². The molecule has 18 heavy (non-hydrogen) atoms. The van der Waals surface area contributed by atoms with E-state index in [2.05, 4.69) is 15.9 Å². The van der Waals surface area contributed by atoms with Crippen molar-refractivity contribution < 1.29 is 13.2 Å². The van der Waals surface area contributed by atoms with Gasteiger partial charge in [-0.05, 0) is 37.1 Å². The van der Waals surface area contributed by atoms with Crippen LogP contribution in [0.5, 0.6) is 5.75 Å². The third-order valence-corrected chi connectivity index (χ3v) is 4.36. The van der Waals surface area contributed by atoms with Crippen LogP contribution in [0.3, 0.4) is 0 Å². The van der Waals surface area contributed by atoms with Gasteiger partial charge in [-0.3, -0.25) is 0 Å². The molecule has 0 aliphatic carbocycles. The first kappa shape index (κ1) is 15.8. The van der Waals surface area contributed by atoms with Crippen molar-refractivity contribution in [2.75, 3.05) is 12.4 Å². The topological polar surface area (TPSA) is 43.4 Å². The van der Waals surface area contributed by atoms with E-state index in [1.165, 1.54) is 0 Å². The van der Waals surface area contributed by atoms with Gasteiger partial charge in [-0.2, -0.15) is 0 Å². The Hall–Kier alpha value is -0.260. The maximum Gasteiger partial charge on any atom is 0.232 e. The molecule has 0 bridgehead atoms. The zero-order chi connectivity index (χ0) is 13.8. The molecule has 1 rings (SSSR count). The van der Waals surface area contributed by atoms with Crippen LogP contribution in [0, 0.1) is 12.8 Å². The van der Waals surface area contributed by atoms with E-state index in [1.807, 2.05) is 32.0 Å². The van der Waals surface area contributed by atoms with Crippen LogP contribution in [0.15, 0.2) is 22.7 Å². The lowest BCUT2D eigenvalue weighted by molar-refractivity contribution is 0.256. The predicted octanol–water partition coefficient (Wildman–Crippen LogP) is 3.73. The molecule has 0 saturated heterocycles. The standard InChI is InChI=1S/C12H16BrClO3S/c1-3-10(8-18(14,15)16)7-17-12-5-4-11(13)6-9(12)2/h4-6,10H,3,7-8H2,1-2H3. The van der Waals surface area contributed by atoms with Gasteiger partial charge < -0.3 is 4.74 Å². The highest BCUT2D eigenvalue weighted by molar-refractivity contribution is 9.10. The monoisotopic (exact) mass is 354 g/mol. The fourth-order valence-electron chi connectivity index (χ4n) is 1.55.